The molecule has 0 unspecified atom stereocenters. The third kappa shape index (κ3) is 2.69. The minimum atomic E-state index is -6.00. The predicted octanol–water partition coefficient (Wildman–Crippen LogP) is 3.89. The summed E-state index contributed by atoms with van der Waals surface area (Å²) in [6.45, 7) is 0. The van der Waals surface area contributed by atoms with E-state index in [9.17, 15) is 31.5 Å². The third-order valence-electron chi connectivity index (χ3n) is 3.17. The maximum Gasteiger partial charge on any atom is 0.458 e. The minimum absolute atomic E-state index is 0.242. The summed E-state index contributed by atoms with van der Waals surface area (Å²) >= 11 is 0. The molecule has 2 N–H and O–H groups in total. The summed E-state index contributed by atoms with van der Waals surface area (Å²) in [6, 6.07) is 4.01. The van der Waals surface area contributed by atoms with Gasteiger partial charge in [0.1, 0.15) is 0 Å². The highest BCUT2D eigenvalue weighted by Crippen LogP contribution is 2.47. The van der Waals surface area contributed by atoms with Gasteiger partial charge in [-0.3, -0.25) is 0 Å². The second kappa shape index (κ2) is 5.18. The van der Waals surface area contributed by atoms with Crippen LogP contribution in [0.15, 0.2) is 30.3 Å². The average Bonchev–Trinajstić information content (AvgIpc) is 2.43. The Kier molecular flexibility index (Phi) is 3.75. The second-order valence-corrected chi connectivity index (χ2v) is 4.61. The fourth-order valence-corrected chi connectivity index (χ4v) is 2.12. The van der Waals surface area contributed by atoms with Crippen molar-refractivity contribution in [1.29, 1.82) is 0 Å². The molecule has 0 aliphatic carbocycles. The molecule has 0 radical (unpaired) electrons. The van der Waals surface area contributed by atoms with Crippen LogP contribution in [0.4, 0.5) is 22.0 Å². The van der Waals surface area contributed by atoms with Gasteiger partial charge in [0.15, 0.2) is 0 Å². The van der Waals surface area contributed by atoms with Crippen molar-refractivity contribution >= 4 is 22.7 Å². The lowest BCUT2D eigenvalue weighted by Crippen LogP contribution is -2.35. The van der Waals surface area contributed by atoms with E-state index in [0.717, 1.165) is 24.3 Å². The molecule has 4 nitrogen and oxygen atoms in total. The minimum Gasteiger partial charge on any atom is -0.478 e. The van der Waals surface area contributed by atoms with Gasteiger partial charge >= 0.3 is 24.0 Å². The van der Waals surface area contributed by atoms with Crippen LogP contribution in [0.1, 0.15) is 26.3 Å². The summed E-state index contributed by atoms with van der Waals surface area (Å²) in [6.07, 6.45) is -6.00. The Labute approximate surface area is 124 Å². The lowest BCUT2D eigenvalue weighted by atomic mass is 9.93. The Morgan fingerprint density at radius 3 is 1.96 bits per heavy atom. The van der Waals surface area contributed by atoms with E-state index >= 15 is 0 Å². The lowest BCUT2D eigenvalue weighted by molar-refractivity contribution is -0.288. The highest BCUT2D eigenvalue weighted by Gasteiger charge is 2.60. The van der Waals surface area contributed by atoms with Crippen molar-refractivity contribution in [2.45, 2.75) is 12.1 Å². The van der Waals surface area contributed by atoms with E-state index < -0.39 is 40.6 Å². The van der Waals surface area contributed by atoms with Crippen molar-refractivity contribution < 1.29 is 41.8 Å². The molecule has 0 heterocycles. The Morgan fingerprint density at radius 1 is 0.870 bits per heavy atom. The lowest BCUT2D eigenvalue weighted by Gasteiger charge is -2.23. The number of hydrogen-bond donors (Lipinski definition) is 2. The third-order valence-corrected chi connectivity index (χ3v) is 3.17. The molecular weight excluding hydrogens is 327 g/mol. The van der Waals surface area contributed by atoms with Crippen LogP contribution < -0.4 is 0 Å². The van der Waals surface area contributed by atoms with E-state index in [1.54, 1.807) is 0 Å². The first-order valence-electron chi connectivity index (χ1n) is 5.95. The van der Waals surface area contributed by atoms with E-state index in [1.807, 2.05) is 0 Å². The van der Waals surface area contributed by atoms with E-state index in [-0.39, 0.29) is 10.9 Å². The number of fused-ring (bicyclic) bond motifs is 1. The standard InChI is InChI=1S/C14H7F5O4/c15-13(16,14(17,18)19)10-8-3-2-7(11(20)21)5-6(8)1-4-9(10)12(22)23/h1-5H,(H,20,21)(H,22,23). The Hall–Kier alpha value is -2.71. The van der Waals surface area contributed by atoms with E-state index in [0.29, 0.717) is 6.07 Å². The first-order chi connectivity index (χ1) is 10.5. The number of rotatable bonds is 3. The zero-order chi connectivity index (χ0) is 17.6. The number of halogens is 5. The molecule has 0 fully saturated rings. The van der Waals surface area contributed by atoms with E-state index in [2.05, 4.69) is 0 Å². The van der Waals surface area contributed by atoms with Gasteiger partial charge in [0.05, 0.1) is 16.7 Å². The molecule has 0 saturated carbocycles. The molecule has 122 valence electrons. The topological polar surface area (TPSA) is 74.6 Å². The molecule has 2 rings (SSSR count). The molecule has 0 spiro atoms. The number of carbonyl (C=O) groups is 2. The monoisotopic (exact) mass is 334 g/mol. The van der Waals surface area contributed by atoms with Crippen LogP contribution >= 0.6 is 0 Å². The van der Waals surface area contributed by atoms with Crippen LogP contribution in [0.3, 0.4) is 0 Å². The fraction of sp³-hybridized carbons (Fsp3) is 0.143. The largest absolute Gasteiger partial charge is 0.478 e. The Morgan fingerprint density at radius 2 is 1.48 bits per heavy atom. The molecule has 0 aromatic heterocycles. The van der Waals surface area contributed by atoms with E-state index in [1.165, 1.54) is 0 Å². The molecular formula is C14H7F5O4. The molecule has 0 saturated heterocycles. The first-order valence-corrected chi connectivity index (χ1v) is 5.95. The molecule has 0 aliphatic rings. The van der Waals surface area contributed by atoms with Gasteiger partial charge < -0.3 is 10.2 Å². The van der Waals surface area contributed by atoms with Crippen LogP contribution in [0, 0.1) is 0 Å². The van der Waals surface area contributed by atoms with Crippen LogP contribution in [0.5, 0.6) is 0 Å². The number of hydrogen-bond acceptors (Lipinski definition) is 2. The number of carboxylic acid groups (broad SMARTS) is 2. The summed E-state index contributed by atoms with van der Waals surface area (Å²) < 4.78 is 65.5. The summed E-state index contributed by atoms with van der Waals surface area (Å²) in [5, 5.41) is 16.8. The highest BCUT2D eigenvalue weighted by molar-refractivity contribution is 6.01. The van der Waals surface area contributed by atoms with Gasteiger partial charge in [-0.25, -0.2) is 9.59 Å². The fourth-order valence-electron chi connectivity index (χ4n) is 2.12. The molecule has 2 aromatic rings. The van der Waals surface area contributed by atoms with Gasteiger partial charge in [0, 0.05) is 0 Å². The van der Waals surface area contributed by atoms with Gasteiger partial charge in [-0.05, 0) is 29.0 Å². The summed E-state index contributed by atoms with van der Waals surface area (Å²) in [7, 11) is 0. The van der Waals surface area contributed by atoms with Crippen LogP contribution in [-0.4, -0.2) is 28.3 Å². The van der Waals surface area contributed by atoms with Crippen molar-refractivity contribution in [3.63, 3.8) is 0 Å². The second-order valence-electron chi connectivity index (χ2n) is 4.61. The zero-order valence-electron chi connectivity index (χ0n) is 11.0. The molecule has 0 aliphatic heterocycles. The maximum absolute atomic E-state index is 13.8. The molecule has 0 amide bonds. The van der Waals surface area contributed by atoms with Crippen molar-refractivity contribution in [3.8, 4) is 0 Å². The number of benzene rings is 2. The smallest absolute Gasteiger partial charge is 0.458 e. The van der Waals surface area contributed by atoms with Gasteiger partial charge in [-0.1, -0.05) is 12.1 Å². The van der Waals surface area contributed by atoms with E-state index in [4.69, 9.17) is 10.2 Å². The number of aromatic carboxylic acids is 2. The summed E-state index contributed by atoms with van der Waals surface area (Å²) in [5.41, 5.74) is -3.25. The zero-order valence-corrected chi connectivity index (χ0v) is 11.0. The maximum atomic E-state index is 13.8. The van der Waals surface area contributed by atoms with Crippen molar-refractivity contribution in [3.05, 3.63) is 47.0 Å². The molecule has 9 heteroatoms. The van der Waals surface area contributed by atoms with Crippen molar-refractivity contribution in [2.75, 3.05) is 0 Å². The molecule has 2 aromatic carbocycles. The number of carboxylic acids is 2. The number of alkyl halides is 5. The quantitative estimate of drug-likeness (QED) is 0.835. The predicted molar refractivity (Wildman–Crippen MR) is 67.8 cm³/mol. The molecule has 23 heavy (non-hydrogen) atoms. The van der Waals surface area contributed by atoms with Gasteiger partial charge in [-0.2, -0.15) is 22.0 Å². The van der Waals surface area contributed by atoms with Crippen LogP contribution in [0.25, 0.3) is 10.8 Å². The Bertz CT molecular complexity index is 811. The SMILES string of the molecule is O=C(O)c1ccc2c(C(F)(F)C(F)(F)F)c(C(=O)O)ccc2c1. The van der Waals surface area contributed by atoms with Gasteiger partial charge in [0.25, 0.3) is 0 Å². The van der Waals surface area contributed by atoms with Crippen LogP contribution in [0.2, 0.25) is 0 Å². The first kappa shape index (κ1) is 16.7. The van der Waals surface area contributed by atoms with Crippen molar-refractivity contribution in [1.82, 2.24) is 0 Å². The normalized spacial score (nSPS) is 12.4. The molecule has 0 bridgehead atoms. The molecule has 0 atom stereocenters. The Balaban J connectivity index is 2.90. The van der Waals surface area contributed by atoms with Gasteiger partial charge in [0.2, 0.25) is 0 Å². The highest BCUT2D eigenvalue weighted by atomic mass is 19.4. The summed E-state index contributed by atoms with van der Waals surface area (Å²) in [4.78, 5) is 21.9. The van der Waals surface area contributed by atoms with Crippen molar-refractivity contribution in [2.24, 2.45) is 0 Å². The van der Waals surface area contributed by atoms with Crippen LogP contribution in [-0.2, 0) is 5.92 Å². The summed E-state index contributed by atoms with van der Waals surface area (Å²) in [5.74, 6) is -8.77. The average molecular weight is 334 g/mol. The van der Waals surface area contributed by atoms with Gasteiger partial charge in [-0.15, -0.1) is 0 Å².